The molecular weight excluding hydrogens is 296 g/mol. The molecule has 2 heterocycles. The predicted molar refractivity (Wildman–Crippen MR) is 102 cm³/mol. The lowest BCUT2D eigenvalue weighted by molar-refractivity contribution is 0.963. The van der Waals surface area contributed by atoms with Crippen LogP contribution >= 0.6 is 0 Å². The number of aryl methyl sites for hydroxylation is 5. The lowest BCUT2D eigenvalue weighted by Crippen LogP contribution is -2.13. The maximum Gasteiger partial charge on any atom is 0.150 e. The van der Waals surface area contributed by atoms with Gasteiger partial charge in [0.1, 0.15) is 11.6 Å². The van der Waals surface area contributed by atoms with Gasteiger partial charge >= 0.3 is 0 Å². The molecule has 0 saturated carbocycles. The van der Waals surface area contributed by atoms with Crippen molar-refractivity contribution in [3.8, 4) is 5.69 Å². The van der Waals surface area contributed by atoms with Crippen LogP contribution in [0.2, 0.25) is 0 Å². The molecule has 0 aliphatic heterocycles. The Bertz CT molecular complexity index is 925. The molecule has 3 aromatic rings. The summed E-state index contributed by atoms with van der Waals surface area (Å²) in [5.41, 5.74) is 8.54. The standard InChI is InChI=1S/C20H26N4/c1-11-9-12(2)18(13(3)10-11)24-15(5)14(4)17-19(23(7)8)21-16(6)22-20(17)24/h9-10H,1-8H3. The van der Waals surface area contributed by atoms with Crippen molar-refractivity contribution in [3.63, 3.8) is 0 Å². The van der Waals surface area contributed by atoms with Crippen LogP contribution in [0.4, 0.5) is 5.82 Å². The van der Waals surface area contributed by atoms with Gasteiger partial charge in [-0.2, -0.15) is 0 Å². The summed E-state index contributed by atoms with van der Waals surface area (Å²) in [7, 11) is 4.07. The van der Waals surface area contributed by atoms with E-state index in [4.69, 9.17) is 4.98 Å². The third-order valence-electron chi connectivity index (χ3n) is 4.73. The minimum absolute atomic E-state index is 0.798. The maximum absolute atomic E-state index is 4.81. The molecule has 0 unspecified atom stereocenters. The van der Waals surface area contributed by atoms with Gasteiger partial charge in [-0.15, -0.1) is 0 Å². The van der Waals surface area contributed by atoms with E-state index in [1.807, 2.05) is 21.0 Å². The van der Waals surface area contributed by atoms with Crippen LogP contribution in [0.25, 0.3) is 16.7 Å². The average molecular weight is 322 g/mol. The fourth-order valence-electron chi connectivity index (χ4n) is 3.67. The monoisotopic (exact) mass is 322 g/mol. The number of fused-ring (bicyclic) bond motifs is 1. The van der Waals surface area contributed by atoms with Crippen molar-refractivity contribution in [2.24, 2.45) is 0 Å². The maximum atomic E-state index is 4.81. The lowest BCUT2D eigenvalue weighted by Gasteiger charge is -2.17. The summed E-state index contributed by atoms with van der Waals surface area (Å²) < 4.78 is 2.30. The first-order chi connectivity index (χ1) is 11.2. The van der Waals surface area contributed by atoms with Crippen LogP contribution in [0.5, 0.6) is 0 Å². The Labute approximate surface area is 144 Å². The van der Waals surface area contributed by atoms with Crippen LogP contribution in [0, 0.1) is 41.5 Å². The summed E-state index contributed by atoms with van der Waals surface area (Å²) in [5.74, 6) is 1.78. The molecular formula is C20H26N4. The Balaban J connectivity index is 2.49. The van der Waals surface area contributed by atoms with E-state index >= 15 is 0 Å². The van der Waals surface area contributed by atoms with Gasteiger partial charge in [0.25, 0.3) is 0 Å². The van der Waals surface area contributed by atoms with Gasteiger partial charge in [-0.1, -0.05) is 17.7 Å². The van der Waals surface area contributed by atoms with E-state index < -0.39 is 0 Å². The predicted octanol–water partition coefficient (Wildman–Crippen LogP) is 4.34. The first-order valence-electron chi connectivity index (χ1n) is 8.34. The number of rotatable bonds is 2. The van der Waals surface area contributed by atoms with Crippen LogP contribution in [0.15, 0.2) is 12.1 Å². The van der Waals surface area contributed by atoms with Gasteiger partial charge < -0.3 is 4.90 Å². The molecule has 1 aromatic carbocycles. The highest BCUT2D eigenvalue weighted by molar-refractivity contribution is 5.93. The quantitative estimate of drug-likeness (QED) is 0.704. The summed E-state index contributed by atoms with van der Waals surface area (Å²) in [6.45, 7) is 12.8. The van der Waals surface area contributed by atoms with E-state index in [1.54, 1.807) is 0 Å². The van der Waals surface area contributed by atoms with Crippen molar-refractivity contribution in [2.75, 3.05) is 19.0 Å². The third kappa shape index (κ3) is 2.37. The highest BCUT2D eigenvalue weighted by Crippen LogP contribution is 2.35. The Kier molecular flexibility index (Phi) is 3.86. The number of hydrogen-bond acceptors (Lipinski definition) is 3. The van der Waals surface area contributed by atoms with Crippen molar-refractivity contribution in [3.05, 3.63) is 45.9 Å². The third-order valence-corrected chi connectivity index (χ3v) is 4.73. The summed E-state index contributed by atoms with van der Waals surface area (Å²) in [4.78, 5) is 11.5. The zero-order valence-corrected chi connectivity index (χ0v) is 15.9. The second-order valence-corrected chi connectivity index (χ2v) is 6.98. The number of anilines is 1. The molecule has 0 aliphatic carbocycles. The van der Waals surface area contributed by atoms with Gasteiger partial charge in [-0.05, 0) is 58.2 Å². The van der Waals surface area contributed by atoms with Crippen LogP contribution in [-0.2, 0) is 0 Å². The zero-order chi connectivity index (χ0) is 17.8. The Morgan fingerprint density at radius 2 is 1.46 bits per heavy atom. The highest BCUT2D eigenvalue weighted by atomic mass is 15.2. The molecule has 0 spiro atoms. The molecule has 0 fully saturated rings. The summed E-state index contributed by atoms with van der Waals surface area (Å²) in [6, 6.07) is 4.48. The highest BCUT2D eigenvalue weighted by Gasteiger charge is 2.21. The van der Waals surface area contributed by atoms with Crippen molar-refractivity contribution < 1.29 is 0 Å². The van der Waals surface area contributed by atoms with Crippen LogP contribution in [-0.4, -0.2) is 28.6 Å². The minimum Gasteiger partial charge on any atom is -0.362 e. The molecule has 0 radical (unpaired) electrons. The largest absolute Gasteiger partial charge is 0.362 e. The number of nitrogens with zero attached hydrogens (tertiary/aromatic N) is 4. The Morgan fingerprint density at radius 1 is 0.875 bits per heavy atom. The summed E-state index contributed by atoms with van der Waals surface area (Å²) in [5, 5.41) is 1.14. The van der Waals surface area contributed by atoms with E-state index in [1.165, 1.54) is 33.6 Å². The smallest absolute Gasteiger partial charge is 0.150 e. The second-order valence-electron chi connectivity index (χ2n) is 6.98. The molecule has 4 heteroatoms. The number of benzene rings is 1. The first-order valence-corrected chi connectivity index (χ1v) is 8.34. The van der Waals surface area contributed by atoms with Gasteiger partial charge in [-0.3, -0.25) is 4.57 Å². The minimum atomic E-state index is 0.798. The molecule has 0 amide bonds. The second kappa shape index (κ2) is 5.62. The van der Waals surface area contributed by atoms with Crippen molar-refractivity contribution in [1.29, 1.82) is 0 Å². The van der Waals surface area contributed by atoms with Gasteiger partial charge in [0.15, 0.2) is 5.65 Å². The van der Waals surface area contributed by atoms with Crippen LogP contribution in [0.3, 0.4) is 0 Å². The van der Waals surface area contributed by atoms with Crippen molar-refractivity contribution in [1.82, 2.24) is 14.5 Å². The molecule has 3 rings (SSSR count). The lowest BCUT2D eigenvalue weighted by atomic mass is 10.0. The molecule has 0 N–H and O–H groups in total. The van der Waals surface area contributed by atoms with E-state index in [2.05, 4.69) is 61.2 Å². The van der Waals surface area contributed by atoms with E-state index in [9.17, 15) is 0 Å². The van der Waals surface area contributed by atoms with E-state index in [0.29, 0.717) is 0 Å². The van der Waals surface area contributed by atoms with E-state index in [-0.39, 0.29) is 0 Å². The van der Waals surface area contributed by atoms with Crippen LogP contribution < -0.4 is 4.90 Å². The van der Waals surface area contributed by atoms with Crippen LogP contribution in [0.1, 0.15) is 33.8 Å². The van der Waals surface area contributed by atoms with Gasteiger partial charge in [0.2, 0.25) is 0 Å². The van der Waals surface area contributed by atoms with Gasteiger partial charge in [-0.25, -0.2) is 9.97 Å². The zero-order valence-electron chi connectivity index (χ0n) is 15.9. The molecule has 0 saturated heterocycles. The molecule has 24 heavy (non-hydrogen) atoms. The molecule has 0 aliphatic rings. The fourth-order valence-corrected chi connectivity index (χ4v) is 3.67. The molecule has 0 bridgehead atoms. The SMILES string of the molecule is Cc1cc(C)c(-n2c(C)c(C)c3c(N(C)C)nc(C)nc32)c(C)c1. The fraction of sp³-hybridized carbons (Fsp3) is 0.400. The van der Waals surface area contributed by atoms with Crippen molar-refractivity contribution in [2.45, 2.75) is 41.5 Å². The average Bonchev–Trinajstić information content (AvgIpc) is 2.70. The Hall–Kier alpha value is -2.36. The normalized spacial score (nSPS) is 11.3. The molecule has 2 aromatic heterocycles. The number of hydrogen-bond donors (Lipinski definition) is 0. The molecule has 4 nitrogen and oxygen atoms in total. The first kappa shape index (κ1) is 16.5. The Morgan fingerprint density at radius 3 is 2.00 bits per heavy atom. The van der Waals surface area contributed by atoms with Gasteiger partial charge in [0.05, 0.1) is 11.1 Å². The molecule has 0 atom stereocenters. The van der Waals surface area contributed by atoms with Crippen molar-refractivity contribution >= 4 is 16.9 Å². The van der Waals surface area contributed by atoms with E-state index in [0.717, 1.165) is 22.7 Å². The summed E-state index contributed by atoms with van der Waals surface area (Å²) >= 11 is 0. The topological polar surface area (TPSA) is 34.0 Å². The van der Waals surface area contributed by atoms with Gasteiger partial charge in [0, 0.05) is 19.8 Å². The molecule has 126 valence electrons. The number of aromatic nitrogens is 3. The summed E-state index contributed by atoms with van der Waals surface area (Å²) in [6.07, 6.45) is 0.